The van der Waals surface area contributed by atoms with Gasteiger partial charge in [0.05, 0.1) is 0 Å². The highest BCUT2D eigenvalue weighted by atomic mass is 14.9. The fraction of sp³-hybridized carbons (Fsp3) is 0.118. The van der Waals surface area contributed by atoms with Crippen molar-refractivity contribution >= 4 is 16.5 Å². The molecule has 0 aliphatic carbocycles. The molecular weight excluding hydrogens is 232 g/mol. The first kappa shape index (κ1) is 10.6. The predicted octanol–water partition coefficient (Wildman–Crippen LogP) is 3.87. The van der Waals surface area contributed by atoms with Crippen molar-refractivity contribution in [1.29, 1.82) is 0 Å². The number of hydrogen-bond donors (Lipinski definition) is 1. The van der Waals surface area contributed by atoms with E-state index in [0.717, 1.165) is 13.0 Å². The minimum absolute atomic E-state index is 1.05. The summed E-state index contributed by atoms with van der Waals surface area (Å²) in [6.07, 6.45) is 4.91. The number of fused-ring (bicyclic) bond motifs is 2. The number of aromatic nitrogens is 1. The standard InChI is InChI=1S/C17H14N2/c1-2-14-11-18-8-7-16(14)15(3-1)12-4-5-17-13(10-12)6-9-19-17/h1-5,7-8,10-11,19H,6,9H2. The molecule has 2 heteroatoms. The summed E-state index contributed by atoms with van der Waals surface area (Å²) in [6, 6.07) is 15.2. The Labute approximate surface area is 112 Å². The molecule has 4 rings (SSSR count). The minimum atomic E-state index is 1.05. The molecule has 1 aliphatic rings. The van der Waals surface area contributed by atoms with Crippen molar-refractivity contribution < 1.29 is 0 Å². The lowest BCUT2D eigenvalue weighted by Crippen LogP contribution is -1.90. The van der Waals surface area contributed by atoms with Crippen molar-refractivity contribution in [3.05, 3.63) is 60.4 Å². The third-order valence-corrected chi connectivity index (χ3v) is 3.81. The van der Waals surface area contributed by atoms with Gasteiger partial charge in [-0.3, -0.25) is 4.98 Å². The van der Waals surface area contributed by atoms with E-state index >= 15 is 0 Å². The summed E-state index contributed by atoms with van der Waals surface area (Å²) in [5, 5.41) is 5.87. The number of benzene rings is 2. The Morgan fingerprint density at radius 1 is 1.05 bits per heavy atom. The minimum Gasteiger partial charge on any atom is -0.384 e. The molecule has 92 valence electrons. The topological polar surface area (TPSA) is 24.9 Å². The van der Waals surface area contributed by atoms with Crippen molar-refractivity contribution in [2.75, 3.05) is 11.9 Å². The number of pyridine rings is 1. The van der Waals surface area contributed by atoms with Crippen LogP contribution in [0.4, 0.5) is 5.69 Å². The van der Waals surface area contributed by atoms with Gasteiger partial charge in [-0.1, -0.05) is 24.3 Å². The van der Waals surface area contributed by atoms with E-state index in [4.69, 9.17) is 0 Å². The molecule has 2 aromatic carbocycles. The molecule has 0 atom stereocenters. The fourth-order valence-corrected chi connectivity index (χ4v) is 2.85. The van der Waals surface area contributed by atoms with Gasteiger partial charge in [-0.15, -0.1) is 0 Å². The van der Waals surface area contributed by atoms with Crippen LogP contribution in [0, 0.1) is 0 Å². The second kappa shape index (κ2) is 4.09. The summed E-state index contributed by atoms with van der Waals surface area (Å²) in [6.45, 7) is 1.05. The quantitative estimate of drug-likeness (QED) is 0.705. The van der Waals surface area contributed by atoms with Crippen LogP contribution in [0.15, 0.2) is 54.9 Å². The monoisotopic (exact) mass is 246 g/mol. The van der Waals surface area contributed by atoms with Gasteiger partial charge in [0.25, 0.3) is 0 Å². The number of anilines is 1. The third-order valence-electron chi connectivity index (χ3n) is 3.81. The van der Waals surface area contributed by atoms with Crippen LogP contribution >= 0.6 is 0 Å². The second-order valence-corrected chi connectivity index (χ2v) is 4.95. The van der Waals surface area contributed by atoms with Gasteiger partial charge in [-0.2, -0.15) is 0 Å². The number of rotatable bonds is 1. The van der Waals surface area contributed by atoms with Crippen LogP contribution in [0.1, 0.15) is 5.56 Å². The zero-order valence-corrected chi connectivity index (χ0v) is 10.6. The maximum absolute atomic E-state index is 4.20. The molecule has 0 radical (unpaired) electrons. The van der Waals surface area contributed by atoms with Gasteiger partial charge in [0.15, 0.2) is 0 Å². The average molecular weight is 246 g/mol. The summed E-state index contributed by atoms with van der Waals surface area (Å²) in [7, 11) is 0. The Morgan fingerprint density at radius 3 is 3.05 bits per heavy atom. The first-order valence-electron chi connectivity index (χ1n) is 6.62. The van der Waals surface area contributed by atoms with Crippen LogP contribution in [-0.4, -0.2) is 11.5 Å². The summed E-state index contributed by atoms with van der Waals surface area (Å²) in [5.74, 6) is 0. The largest absolute Gasteiger partial charge is 0.384 e. The molecule has 0 unspecified atom stereocenters. The molecule has 2 heterocycles. The summed E-state index contributed by atoms with van der Waals surface area (Å²) in [5.41, 5.74) is 5.28. The SMILES string of the molecule is c1cc(-c2ccc3c(c2)CCN3)c2ccncc2c1. The highest BCUT2D eigenvalue weighted by Gasteiger charge is 2.11. The summed E-state index contributed by atoms with van der Waals surface area (Å²) >= 11 is 0. The van der Waals surface area contributed by atoms with Crippen molar-refractivity contribution in [3.8, 4) is 11.1 Å². The Balaban J connectivity index is 1.95. The molecule has 3 aromatic rings. The van der Waals surface area contributed by atoms with Crippen molar-refractivity contribution in [2.45, 2.75) is 6.42 Å². The Kier molecular flexibility index (Phi) is 2.27. The Morgan fingerprint density at radius 2 is 2.05 bits per heavy atom. The van der Waals surface area contributed by atoms with E-state index < -0.39 is 0 Å². The second-order valence-electron chi connectivity index (χ2n) is 4.95. The lowest BCUT2D eigenvalue weighted by atomic mass is 9.97. The molecule has 0 bridgehead atoms. The van der Waals surface area contributed by atoms with Gasteiger partial charge < -0.3 is 5.32 Å². The van der Waals surface area contributed by atoms with Gasteiger partial charge in [-0.05, 0) is 46.7 Å². The average Bonchev–Trinajstić information content (AvgIpc) is 2.94. The van der Waals surface area contributed by atoms with Gasteiger partial charge in [-0.25, -0.2) is 0 Å². The Bertz CT molecular complexity index is 757. The van der Waals surface area contributed by atoms with E-state index in [1.807, 2.05) is 12.4 Å². The summed E-state index contributed by atoms with van der Waals surface area (Å²) in [4.78, 5) is 4.20. The van der Waals surface area contributed by atoms with Crippen LogP contribution in [0.5, 0.6) is 0 Å². The first-order valence-corrected chi connectivity index (χ1v) is 6.62. The maximum Gasteiger partial charge on any atom is 0.0373 e. The van der Waals surface area contributed by atoms with Crippen LogP contribution in [0.2, 0.25) is 0 Å². The van der Waals surface area contributed by atoms with E-state index in [0.29, 0.717) is 0 Å². The molecule has 2 nitrogen and oxygen atoms in total. The lowest BCUT2D eigenvalue weighted by Gasteiger charge is -2.08. The normalized spacial score (nSPS) is 13.3. The highest BCUT2D eigenvalue weighted by Crippen LogP contribution is 2.32. The molecule has 1 aromatic heterocycles. The molecule has 0 spiro atoms. The maximum atomic E-state index is 4.20. The molecular formula is C17H14N2. The van der Waals surface area contributed by atoms with Gasteiger partial charge in [0.2, 0.25) is 0 Å². The molecule has 1 aliphatic heterocycles. The molecule has 0 saturated heterocycles. The number of nitrogens with one attached hydrogen (secondary N) is 1. The predicted molar refractivity (Wildman–Crippen MR) is 79.4 cm³/mol. The van der Waals surface area contributed by atoms with Crippen molar-refractivity contribution in [3.63, 3.8) is 0 Å². The van der Waals surface area contributed by atoms with Gasteiger partial charge in [0, 0.05) is 30.0 Å². The number of hydrogen-bond acceptors (Lipinski definition) is 2. The van der Waals surface area contributed by atoms with E-state index in [1.54, 1.807) is 0 Å². The first-order chi connectivity index (χ1) is 9.42. The smallest absolute Gasteiger partial charge is 0.0373 e. The Hall–Kier alpha value is -2.35. The van der Waals surface area contributed by atoms with Crippen molar-refractivity contribution in [2.24, 2.45) is 0 Å². The lowest BCUT2D eigenvalue weighted by molar-refractivity contribution is 1.11. The van der Waals surface area contributed by atoms with Crippen LogP contribution < -0.4 is 5.32 Å². The highest BCUT2D eigenvalue weighted by molar-refractivity contribution is 5.96. The van der Waals surface area contributed by atoms with Crippen LogP contribution in [-0.2, 0) is 6.42 Å². The number of nitrogens with zero attached hydrogens (tertiary/aromatic N) is 1. The van der Waals surface area contributed by atoms with Gasteiger partial charge >= 0.3 is 0 Å². The van der Waals surface area contributed by atoms with E-state index in [-0.39, 0.29) is 0 Å². The van der Waals surface area contributed by atoms with Crippen LogP contribution in [0.25, 0.3) is 21.9 Å². The van der Waals surface area contributed by atoms with E-state index in [2.05, 4.69) is 52.8 Å². The zero-order chi connectivity index (χ0) is 12.7. The molecule has 1 N–H and O–H groups in total. The molecule has 0 amide bonds. The van der Waals surface area contributed by atoms with Gasteiger partial charge in [0.1, 0.15) is 0 Å². The third kappa shape index (κ3) is 1.68. The van der Waals surface area contributed by atoms with Crippen molar-refractivity contribution in [1.82, 2.24) is 4.98 Å². The fourth-order valence-electron chi connectivity index (χ4n) is 2.85. The van der Waals surface area contributed by atoms with E-state index in [9.17, 15) is 0 Å². The van der Waals surface area contributed by atoms with Crippen LogP contribution in [0.3, 0.4) is 0 Å². The molecule has 0 fully saturated rings. The molecule has 19 heavy (non-hydrogen) atoms. The summed E-state index contributed by atoms with van der Waals surface area (Å²) < 4.78 is 0. The van der Waals surface area contributed by atoms with E-state index in [1.165, 1.54) is 33.2 Å². The molecule has 0 saturated carbocycles. The zero-order valence-electron chi connectivity index (χ0n) is 10.6.